The maximum absolute atomic E-state index is 13.8. The van der Waals surface area contributed by atoms with E-state index in [2.05, 4.69) is 5.32 Å². The maximum Gasteiger partial charge on any atom is 0.416 e. The highest BCUT2D eigenvalue weighted by molar-refractivity contribution is 5.50. The first-order chi connectivity index (χ1) is 13.1. The van der Waals surface area contributed by atoms with Crippen LogP contribution in [-0.4, -0.2) is 38.2 Å². The van der Waals surface area contributed by atoms with Gasteiger partial charge in [0.25, 0.3) is 0 Å². The van der Waals surface area contributed by atoms with Crippen LogP contribution in [0, 0.1) is 0 Å². The number of halogens is 6. The summed E-state index contributed by atoms with van der Waals surface area (Å²) in [5.41, 5.74) is -3.20. The van der Waals surface area contributed by atoms with Gasteiger partial charge in [-0.15, -0.1) is 0 Å². The van der Waals surface area contributed by atoms with Crippen molar-refractivity contribution in [3.05, 3.63) is 53.0 Å². The fourth-order valence-corrected chi connectivity index (χ4v) is 3.37. The Kier molecular flexibility index (Phi) is 5.62. The van der Waals surface area contributed by atoms with Crippen molar-refractivity contribution in [2.24, 2.45) is 0 Å². The topological polar surface area (TPSA) is 37.6 Å². The average Bonchev–Trinajstić information content (AvgIpc) is 3.15. The number of furan rings is 1. The lowest BCUT2D eigenvalue weighted by atomic mass is 9.92. The van der Waals surface area contributed by atoms with E-state index in [1.165, 1.54) is 18.4 Å². The van der Waals surface area contributed by atoms with E-state index in [0.717, 1.165) is 7.11 Å². The Labute approximate surface area is 157 Å². The van der Waals surface area contributed by atoms with E-state index >= 15 is 0 Å². The van der Waals surface area contributed by atoms with Crippen LogP contribution in [0.3, 0.4) is 0 Å². The number of rotatable bonds is 4. The Morgan fingerprint density at radius 3 is 2.25 bits per heavy atom. The molecule has 0 unspecified atom stereocenters. The van der Waals surface area contributed by atoms with Gasteiger partial charge in [-0.25, -0.2) is 0 Å². The van der Waals surface area contributed by atoms with E-state index in [9.17, 15) is 26.3 Å². The van der Waals surface area contributed by atoms with Crippen molar-refractivity contribution in [1.29, 1.82) is 0 Å². The van der Waals surface area contributed by atoms with Crippen molar-refractivity contribution in [3.8, 4) is 5.75 Å². The summed E-state index contributed by atoms with van der Waals surface area (Å²) in [5.74, 6) is -0.285. The molecule has 1 atom stereocenters. The Bertz CT molecular complexity index is 796. The minimum absolute atomic E-state index is 0.135. The number of ether oxygens (including phenoxy) is 1. The Morgan fingerprint density at radius 1 is 1.07 bits per heavy atom. The summed E-state index contributed by atoms with van der Waals surface area (Å²) in [5, 5.41) is 3.09. The summed E-state index contributed by atoms with van der Waals surface area (Å²) >= 11 is 0. The molecule has 1 fully saturated rings. The minimum Gasteiger partial charge on any atom is -0.496 e. The number of nitrogens with one attached hydrogen (secondary N) is 1. The van der Waals surface area contributed by atoms with E-state index in [4.69, 9.17) is 9.15 Å². The Morgan fingerprint density at radius 2 is 1.75 bits per heavy atom. The standard InChI is InChI=1S/C18H18F6N2O2/c1-27-14-10-11(17(19,20)21)9-12(18(22,23)24)15(14)16(13-3-2-8-28-13)26-6-4-25-5-7-26/h2-3,8-10,16,25H,4-7H2,1H3/t16-/m0/s1. The van der Waals surface area contributed by atoms with Gasteiger partial charge in [-0.2, -0.15) is 26.3 Å². The normalized spacial score (nSPS) is 17.5. The summed E-state index contributed by atoms with van der Waals surface area (Å²) < 4.78 is 91.3. The molecule has 2 aromatic rings. The predicted octanol–water partition coefficient (Wildman–Crippen LogP) is 4.32. The molecular formula is C18H18F6N2O2. The first kappa shape index (κ1) is 20.5. The molecule has 0 bridgehead atoms. The van der Waals surface area contributed by atoms with Crippen molar-refractivity contribution in [2.45, 2.75) is 18.4 Å². The average molecular weight is 408 g/mol. The molecule has 0 aliphatic carbocycles. The Hall–Kier alpha value is -2.20. The molecular weight excluding hydrogens is 390 g/mol. The smallest absolute Gasteiger partial charge is 0.416 e. The maximum atomic E-state index is 13.8. The summed E-state index contributed by atoms with van der Waals surface area (Å²) in [6.45, 7) is 1.85. The van der Waals surface area contributed by atoms with Crippen LogP contribution in [0.15, 0.2) is 34.9 Å². The van der Waals surface area contributed by atoms with E-state index in [1.54, 1.807) is 4.90 Å². The predicted molar refractivity (Wildman–Crippen MR) is 88.0 cm³/mol. The number of hydrogen-bond donors (Lipinski definition) is 1. The minimum atomic E-state index is -5.01. The fraction of sp³-hybridized carbons (Fsp3) is 0.444. The van der Waals surface area contributed by atoms with Crippen molar-refractivity contribution in [2.75, 3.05) is 33.3 Å². The van der Waals surface area contributed by atoms with Gasteiger partial charge in [0.05, 0.1) is 30.5 Å². The highest BCUT2D eigenvalue weighted by Gasteiger charge is 2.43. The van der Waals surface area contributed by atoms with Gasteiger partial charge in [0.15, 0.2) is 0 Å². The third kappa shape index (κ3) is 4.12. The lowest BCUT2D eigenvalue weighted by Gasteiger charge is -2.36. The van der Waals surface area contributed by atoms with Crippen molar-refractivity contribution >= 4 is 0 Å². The molecule has 10 heteroatoms. The first-order valence-electron chi connectivity index (χ1n) is 8.47. The van der Waals surface area contributed by atoms with Crippen LogP contribution in [0.25, 0.3) is 0 Å². The molecule has 1 aliphatic heterocycles. The van der Waals surface area contributed by atoms with E-state index in [1.807, 2.05) is 0 Å². The molecule has 1 aliphatic rings. The highest BCUT2D eigenvalue weighted by atomic mass is 19.4. The number of benzene rings is 1. The first-order valence-corrected chi connectivity index (χ1v) is 8.47. The molecule has 4 nitrogen and oxygen atoms in total. The van der Waals surface area contributed by atoms with Gasteiger partial charge in [-0.1, -0.05) is 0 Å². The largest absolute Gasteiger partial charge is 0.496 e. The number of alkyl halides is 6. The molecule has 0 saturated carbocycles. The number of hydrogen-bond acceptors (Lipinski definition) is 4. The van der Waals surface area contributed by atoms with E-state index in [0.29, 0.717) is 32.2 Å². The third-order valence-corrected chi connectivity index (χ3v) is 4.60. The van der Waals surface area contributed by atoms with Gasteiger partial charge in [0.2, 0.25) is 0 Å². The quantitative estimate of drug-likeness (QED) is 0.765. The van der Waals surface area contributed by atoms with E-state index < -0.39 is 35.3 Å². The fourth-order valence-electron chi connectivity index (χ4n) is 3.37. The summed E-state index contributed by atoms with van der Waals surface area (Å²) in [4.78, 5) is 1.73. The second-order valence-electron chi connectivity index (χ2n) is 6.34. The highest BCUT2D eigenvalue weighted by Crippen LogP contribution is 2.46. The van der Waals surface area contributed by atoms with Gasteiger partial charge < -0.3 is 14.5 Å². The summed E-state index contributed by atoms with van der Waals surface area (Å²) in [6.07, 6.45) is -8.64. The number of methoxy groups -OCH3 is 1. The van der Waals surface area contributed by atoms with Crippen molar-refractivity contribution in [3.63, 3.8) is 0 Å². The number of nitrogens with zero attached hydrogens (tertiary/aromatic N) is 1. The van der Waals surface area contributed by atoms with Gasteiger partial charge in [0.1, 0.15) is 11.5 Å². The molecule has 154 valence electrons. The Balaban J connectivity index is 2.26. The van der Waals surface area contributed by atoms with Crippen LogP contribution in [0.5, 0.6) is 5.75 Å². The number of piperazine rings is 1. The molecule has 1 aromatic heterocycles. The second kappa shape index (κ2) is 7.67. The zero-order chi connectivity index (χ0) is 20.5. The molecule has 28 heavy (non-hydrogen) atoms. The third-order valence-electron chi connectivity index (χ3n) is 4.60. The van der Waals surface area contributed by atoms with Crippen LogP contribution in [0.4, 0.5) is 26.3 Å². The van der Waals surface area contributed by atoms with Crippen LogP contribution >= 0.6 is 0 Å². The summed E-state index contributed by atoms with van der Waals surface area (Å²) in [7, 11) is 1.05. The monoisotopic (exact) mass is 408 g/mol. The van der Waals surface area contributed by atoms with Gasteiger partial charge in [-0.3, -0.25) is 4.90 Å². The van der Waals surface area contributed by atoms with Gasteiger partial charge in [-0.05, 0) is 24.3 Å². The van der Waals surface area contributed by atoms with Crippen LogP contribution in [0.2, 0.25) is 0 Å². The van der Waals surface area contributed by atoms with Crippen molar-refractivity contribution in [1.82, 2.24) is 10.2 Å². The van der Waals surface area contributed by atoms with E-state index in [-0.39, 0.29) is 17.4 Å². The zero-order valence-corrected chi connectivity index (χ0v) is 14.8. The van der Waals surface area contributed by atoms with Crippen LogP contribution < -0.4 is 10.1 Å². The lowest BCUT2D eigenvalue weighted by molar-refractivity contribution is -0.144. The zero-order valence-electron chi connectivity index (χ0n) is 14.8. The molecule has 1 saturated heterocycles. The molecule has 1 aromatic carbocycles. The van der Waals surface area contributed by atoms with Crippen LogP contribution in [-0.2, 0) is 12.4 Å². The molecule has 2 heterocycles. The molecule has 3 rings (SSSR count). The SMILES string of the molecule is COc1cc(C(F)(F)F)cc(C(F)(F)F)c1[C@H](c1ccco1)N1CCNCC1. The molecule has 0 spiro atoms. The second-order valence-corrected chi connectivity index (χ2v) is 6.34. The molecule has 1 N–H and O–H groups in total. The van der Waals surface area contributed by atoms with Gasteiger partial charge >= 0.3 is 12.4 Å². The summed E-state index contributed by atoms with van der Waals surface area (Å²) in [6, 6.07) is 2.72. The molecule has 0 radical (unpaired) electrons. The molecule has 0 amide bonds. The van der Waals surface area contributed by atoms with Crippen molar-refractivity contribution < 1.29 is 35.5 Å². The lowest BCUT2D eigenvalue weighted by Crippen LogP contribution is -2.45. The van der Waals surface area contributed by atoms with Crippen LogP contribution in [0.1, 0.15) is 28.5 Å². The van der Waals surface area contributed by atoms with Gasteiger partial charge in [0, 0.05) is 31.7 Å².